The van der Waals surface area contributed by atoms with Crippen LogP contribution < -0.4 is 20.1 Å². The number of hydrogen-bond acceptors (Lipinski definition) is 5. The maximum Gasteiger partial charge on any atom is 0.265 e. The summed E-state index contributed by atoms with van der Waals surface area (Å²) in [7, 11) is 0. The molecule has 1 heterocycles. The Kier molecular flexibility index (Phi) is 5.32. The van der Waals surface area contributed by atoms with Gasteiger partial charge in [0.2, 0.25) is 0 Å². The minimum absolute atomic E-state index is 0.0191. The van der Waals surface area contributed by atoms with Gasteiger partial charge in [0.1, 0.15) is 11.5 Å². The fourth-order valence-electron chi connectivity index (χ4n) is 2.74. The molecule has 140 valence electrons. The molecule has 1 unspecified atom stereocenters. The van der Waals surface area contributed by atoms with Gasteiger partial charge in [0, 0.05) is 5.02 Å². The number of halogens is 1. The van der Waals surface area contributed by atoms with E-state index in [9.17, 15) is 14.4 Å². The molecule has 2 aromatic carbocycles. The molecule has 2 N–H and O–H groups in total. The van der Waals surface area contributed by atoms with E-state index in [1.165, 1.54) is 24.0 Å². The second-order valence-electron chi connectivity index (χ2n) is 5.97. The average molecular weight is 389 g/mol. The Balaban J connectivity index is 1.80. The number of benzene rings is 2. The number of rotatable bonds is 5. The summed E-state index contributed by atoms with van der Waals surface area (Å²) < 4.78 is 11.1. The number of para-hydroxylation sites is 2. The van der Waals surface area contributed by atoms with Crippen LogP contribution in [0.3, 0.4) is 0 Å². The molecular formula is C19H17ClN2O5. The highest BCUT2D eigenvalue weighted by atomic mass is 35.5. The zero-order chi connectivity index (χ0) is 19.6. The first-order chi connectivity index (χ1) is 12.9. The van der Waals surface area contributed by atoms with Gasteiger partial charge in [0.05, 0.1) is 17.8 Å². The quantitative estimate of drug-likeness (QED) is 0.791. The highest BCUT2D eigenvalue weighted by Gasteiger charge is 2.32. The molecule has 1 atom stereocenters. The number of anilines is 1. The van der Waals surface area contributed by atoms with Crippen molar-refractivity contribution in [3.8, 4) is 11.5 Å². The van der Waals surface area contributed by atoms with Crippen LogP contribution in [-0.4, -0.2) is 36.9 Å². The molecule has 0 aromatic heterocycles. The predicted molar refractivity (Wildman–Crippen MR) is 99.4 cm³/mol. The van der Waals surface area contributed by atoms with Crippen LogP contribution >= 0.6 is 11.6 Å². The van der Waals surface area contributed by atoms with Gasteiger partial charge in [-0.1, -0.05) is 23.7 Å². The first kappa shape index (κ1) is 18.7. The van der Waals surface area contributed by atoms with Crippen LogP contribution in [0.5, 0.6) is 11.5 Å². The Labute approximate surface area is 160 Å². The van der Waals surface area contributed by atoms with Crippen molar-refractivity contribution in [3.05, 3.63) is 53.1 Å². The highest BCUT2D eigenvalue weighted by Crippen LogP contribution is 2.33. The lowest BCUT2D eigenvalue weighted by molar-refractivity contribution is -0.125. The molecule has 0 saturated carbocycles. The smallest absolute Gasteiger partial charge is 0.265 e. The van der Waals surface area contributed by atoms with Crippen molar-refractivity contribution < 1.29 is 23.9 Å². The molecule has 7 nitrogen and oxygen atoms in total. The third-order valence-electron chi connectivity index (χ3n) is 4.06. The lowest BCUT2D eigenvalue weighted by Crippen LogP contribution is -2.50. The average Bonchev–Trinajstić information content (AvgIpc) is 2.65. The number of ketones is 1. The van der Waals surface area contributed by atoms with Crippen LogP contribution in [0.2, 0.25) is 5.02 Å². The Morgan fingerprint density at radius 1 is 1.26 bits per heavy atom. The number of carbonyl (C=O) groups excluding carboxylic acids is 3. The number of primary amides is 1. The van der Waals surface area contributed by atoms with Crippen molar-refractivity contribution >= 4 is 34.9 Å². The second kappa shape index (κ2) is 7.67. The fourth-order valence-corrected chi connectivity index (χ4v) is 2.91. The highest BCUT2D eigenvalue weighted by molar-refractivity contribution is 6.31. The fraction of sp³-hybridized carbons (Fsp3) is 0.211. The van der Waals surface area contributed by atoms with Gasteiger partial charge in [-0.05, 0) is 37.3 Å². The summed E-state index contributed by atoms with van der Waals surface area (Å²) in [6, 6.07) is 11.4. The van der Waals surface area contributed by atoms with Crippen LogP contribution in [0, 0.1) is 0 Å². The Hall–Kier alpha value is -3.06. The van der Waals surface area contributed by atoms with E-state index < -0.39 is 17.9 Å². The van der Waals surface area contributed by atoms with Crippen LogP contribution in [0.25, 0.3) is 0 Å². The third kappa shape index (κ3) is 4.03. The summed E-state index contributed by atoms with van der Waals surface area (Å²) in [5, 5.41) is 0.394. The number of fused-ring (bicyclic) bond motifs is 1. The summed E-state index contributed by atoms with van der Waals surface area (Å²) in [5.74, 6) is -0.656. The van der Waals surface area contributed by atoms with E-state index in [4.69, 9.17) is 26.8 Å². The zero-order valence-electron chi connectivity index (χ0n) is 14.5. The third-order valence-corrected chi connectivity index (χ3v) is 4.30. The van der Waals surface area contributed by atoms with Crippen molar-refractivity contribution in [1.29, 1.82) is 0 Å². The van der Waals surface area contributed by atoms with Crippen LogP contribution in [0.1, 0.15) is 17.3 Å². The minimum Gasteiger partial charge on any atom is -0.483 e. The van der Waals surface area contributed by atoms with E-state index in [0.29, 0.717) is 16.5 Å². The van der Waals surface area contributed by atoms with Gasteiger partial charge in [0.25, 0.3) is 11.8 Å². The second-order valence-corrected chi connectivity index (χ2v) is 6.40. The summed E-state index contributed by atoms with van der Waals surface area (Å²) in [5.41, 5.74) is 6.14. The summed E-state index contributed by atoms with van der Waals surface area (Å²) in [6.07, 6.45) is -0.952. The van der Waals surface area contributed by atoms with Crippen molar-refractivity contribution in [2.45, 2.75) is 13.0 Å². The number of hydrogen-bond donors (Lipinski definition) is 1. The Bertz CT molecular complexity index is 915. The zero-order valence-corrected chi connectivity index (χ0v) is 15.2. The van der Waals surface area contributed by atoms with Gasteiger partial charge in [-0.15, -0.1) is 0 Å². The number of amides is 2. The van der Waals surface area contributed by atoms with Crippen LogP contribution in [0.4, 0.5) is 5.69 Å². The van der Waals surface area contributed by atoms with Crippen LogP contribution in [-0.2, 0) is 9.59 Å². The Morgan fingerprint density at radius 3 is 2.70 bits per heavy atom. The minimum atomic E-state index is -0.952. The monoisotopic (exact) mass is 388 g/mol. The molecule has 0 radical (unpaired) electrons. The molecule has 0 bridgehead atoms. The normalized spacial score (nSPS) is 15.5. The molecule has 3 rings (SSSR count). The molecular weight excluding hydrogens is 372 g/mol. The lowest BCUT2D eigenvalue weighted by atomic mass is 10.1. The standard InChI is InChI=1S/C19H17ClN2O5/c1-11(23)13-8-12(20)6-7-15(13)26-10-18(24)22-9-17(19(21)25)27-16-5-3-2-4-14(16)22/h2-8,17H,9-10H2,1H3,(H2,21,25). The number of carbonyl (C=O) groups is 3. The van der Waals surface area contributed by atoms with Gasteiger partial charge in [-0.2, -0.15) is 0 Å². The van der Waals surface area contributed by atoms with E-state index in [0.717, 1.165) is 0 Å². The van der Waals surface area contributed by atoms with Crippen molar-refractivity contribution in [3.63, 3.8) is 0 Å². The predicted octanol–water partition coefficient (Wildman–Crippen LogP) is 2.20. The molecule has 27 heavy (non-hydrogen) atoms. The molecule has 0 saturated heterocycles. The first-order valence-electron chi connectivity index (χ1n) is 8.15. The van der Waals surface area contributed by atoms with E-state index in [-0.39, 0.29) is 30.2 Å². The summed E-state index contributed by atoms with van der Waals surface area (Å²) in [4.78, 5) is 37.4. The molecule has 2 amide bonds. The molecule has 1 aliphatic heterocycles. The number of nitrogens with two attached hydrogens (primary N) is 1. The number of Topliss-reactive ketones (excluding diaryl/α,β-unsaturated/α-hetero) is 1. The van der Waals surface area contributed by atoms with Gasteiger partial charge in [-0.25, -0.2) is 0 Å². The first-order valence-corrected chi connectivity index (χ1v) is 8.53. The summed E-state index contributed by atoms with van der Waals surface area (Å²) >= 11 is 5.91. The van der Waals surface area contributed by atoms with E-state index in [1.54, 1.807) is 30.3 Å². The molecule has 2 aromatic rings. The van der Waals surface area contributed by atoms with Gasteiger partial charge in [-0.3, -0.25) is 14.4 Å². The molecule has 0 spiro atoms. The van der Waals surface area contributed by atoms with Crippen molar-refractivity contribution in [1.82, 2.24) is 0 Å². The van der Waals surface area contributed by atoms with Gasteiger partial charge >= 0.3 is 0 Å². The van der Waals surface area contributed by atoms with E-state index >= 15 is 0 Å². The SMILES string of the molecule is CC(=O)c1cc(Cl)ccc1OCC(=O)N1CC(C(N)=O)Oc2ccccc21. The molecule has 8 heteroatoms. The lowest BCUT2D eigenvalue weighted by Gasteiger charge is -2.33. The molecule has 0 aliphatic carbocycles. The maximum absolute atomic E-state index is 12.7. The van der Waals surface area contributed by atoms with Crippen LogP contribution in [0.15, 0.2) is 42.5 Å². The largest absolute Gasteiger partial charge is 0.483 e. The summed E-state index contributed by atoms with van der Waals surface area (Å²) in [6.45, 7) is 1.03. The van der Waals surface area contributed by atoms with Gasteiger partial charge in [0.15, 0.2) is 18.5 Å². The van der Waals surface area contributed by atoms with Gasteiger partial charge < -0.3 is 20.1 Å². The van der Waals surface area contributed by atoms with Crippen molar-refractivity contribution in [2.75, 3.05) is 18.1 Å². The topological polar surface area (TPSA) is 98.9 Å². The number of ether oxygens (including phenoxy) is 2. The Morgan fingerprint density at radius 2 is 2.00 bits per heavy atom. The molecule has 0 fully saturated rings. The van der Waals surface area contributed by atoms with E-state index in [1.807, 2.05) is 0 Å². The maximum atomic E-state index is 12.7. The number of nitrogens with zero attached hydrogens (tertiary/aromatic N) is 1. The van der Waals surface area contributed by atoms with Crippen molar-refractivity contribution in [2.24, 2.45) is 5.73 Å². The molecule has 1 aliphatic rings. The van der Waals surface area contributed by atoms with E-state index in [2.05, 4.69) is 0 Å².